The zero-order valence-electron chi connectivity index (χ0n) is 13.8. The summed E-state index contributed by atoms with van der Waals surface area (Å²) in [5, 5.41) is 3.40. The van der Waals surface area contributed by atoms with E-state index in [1.54, 1.807) is 7.11 Å². The summed E-state index contributed by atoms with van der Waals surface area (Å²) in [6, 6.07) is 8.59. The summed E-state index contributed by atoms with van der Waals surface area (Å²) in [5.74, 6) is 1.59. The van der Waals surface area contributed by atoms with E-state index < -0.39 is 0 Å². The predicted molar refractivity (Wildman–Crippen MR) is 87.6 cm³/mol. The molecule has 0 amide bonds. The van der Waals surface area contributed by atoms with Gasteiger partial charge in [0.15, 0.2) is 0 Å². The van der Waals surface area contributed by atoms with E-state index >= 15 is 0 Å². The summed E-state index contributed by atoms with van der Waals surface area (Å²) in [6.45, 7) is 7.50. The number of benzene rings is 1. The Morgan fingerprint density at radius 3 is 2.57 bits per heavy atom. The quantitative estimate of drug-likeness (QED) is 0.852. The van der Waals surface area contributed by atoms with Gasteiger partial charge < -0.3 is 14.6 Å². The fourth-order valence-electron chi connectivity index (χ4n) is 3.11. The molecule has 1 aromatic heterocycles. The van der Waals surface area contributed by atoms with Crippen LogP contribution in [-0.2, 0) is 17.7 Å². The first-order valence-electron chi connectivity index (χ1n) is 7.76. The van der Waals surface area contributed by atoms with Gasteiger partial charge in [-0.3, -0.25) is 0 Å². The van der Waals surface area contributed by atoms with E-state index in [-0.39, 0.29) is 12.1 Å². The maximum Gasteiger partial charge on any atom is 0.111 e. The van der Waals surface area contributed by atoms with Crippen molar-refractivity contribution < 1.29 is 4.74 Å². The third kappa shape index (κ3) is 3.27. The first-order valence-corrected chi connectivity index (χ1v) is 7.76. The lowest BCUT2D eigenvalue weighted by Crippen LogP contribution is -2.44. The number of hydrogen-bond donors (Lipinski definition) is 1. The van der Waals surface area contributed by atoms with Crippen LogP contribution in [0.4, 0.5) is 0 Å². The number of ether oxygens (including phenoxy) is 1. The van der Waals surface area contributed by atoms with Crippen molar-refractivity contribution in [3.63, 3.8) is 0 Å². The number of aromatic nitrogens is 2. The van der Waals surface area contributed by atoms with Crippen LogP contribution in [0.2, 0.25) is 0 Å². The highest BCUT2D eigenvalue weighted by Gasteiger charge is 2.25. The van der Waals surface area contributed by atoms with Gasteiger partial charge in [0.25, 0.3) is 0 Å². The number of hydrogen-bond acceptors (Lipinski definition) is 3. The maximum absolute atomic E-state index is 5.69. The molecule has 0 aliphatic rings. The van der Waals surface area contributed by atoms with Gasteiger partial charge in [-0.15, -0.1) is 0 Å². The standard InChI is InChI=1S/C17H27N3O/c1-6-20-15-10-8-7-9-13(15)19-16(20)11-14(18-4)17(21-5)12(2)3/h7-10,12,14,17-18H,6,11H2,1-5H3. The maximum atomic E-state index is 5.69. The summed E-state index contributed by atoms with van der Waals surface area (Å²) in [7, 11) is 3.79. The molecule has 2 aromatic rings. The number of fused-ring (bicyclic) bond motifs is 1. The molecule has 0 aliphatic heterocycles. The number of likely N-dealkylation sites (N-methyl/N-ethyl adjacent to an activating group) is 1. The lowest BCUT2D eigenvalue weighted by atomic mass is 9.97. The monoisotopic (exact) mass is 289 g/mol. The van der Waals surface area contributed by atoms with Crippen LogP contribution in [0.25, 0.3) is 11.0 Å². The molecule has 0 saturated heterocycles. The largest absolute Gasteiger partial charge is 0.380 e. The number of rotatable bonds is 7. The van der Waals surface area contributed by atoms with Crippen molar-refractivity contribution in [3.05, 3.63) is 30.1 Å². The zero-order valence-corrected chi connectivity index (χ0v) is 13.8. The van der Waals surface area contributed by atoms with Gasteiger partial charge in [0.1, 0.15) is 5.82 Å². The highest BCUT2D eigenvalue weighted by Crippen LogP contribution is 2.19. The summed E-state index contributed by atoms with van der Waals surface area (Å²) in [6.07, 6.45) is 1.05. The van der Waals surface area contributed by atoms with Crippen molar-refractivity contribution in [3.8, 4) is 0 Å². The van der Waals surface area contributed by atoms with E-state index in [9.17, 15) is 0 Å². The second-order valence-corrected chi connectivity index (χ2v) is 5.80. The summed E-state index contributed by atoms with van der Waals surface area (Å²) < 4.78 is 7.98. The van der Waals surface area contributed by atoms with Crippen LogP contribution in [0.5, 0.6) is 0 Å². The minimum atomic E-state index is 0.181. The Bertz CT molecular complexity index is 576. The lowest BCUT2D eigenvalue weighted by Gasteiger charge is -2.28. The number of methoxy groups -OCH3 is 1. The van der Waals surface area contributed by atoms with Crippen LogP contribution >= 0.6 is 0 Å². The molecule has 1 N–H and O–H groups in total. The molecule has 0 aliphatic carbocycles. The minimum Gasteiger partial charge on any atom is -0.380 e. The van der Waals surface area contributed by atoms with Crippen LogP contribution in [-0.4, -0.2) is 35.9 Å². The van der Waals surface area contributed by atoms with E-state index in [1.807, 2.05) is 13.1 Å². The van der Waals surface area contributed by atoms with Crippen molar-refractivity contribution in [2.24, 2.45) is 5.92 Å². The first kappa shape index (κ1) is 16.0. The van der Waals surface area contributed by atoms with Crippen LogP contribution in [0, 0.1) is 5.92 Å². The van der Waals surface area contributed by atoms with Gasteiger partial charge in [-0.05, 0) is 32.0 Å². The van der Waals surface area contributed by atoms with E-state index in [2.05, 4.69) is 48.9 Å². The Balaban J connectivity index is 2.33. The topological polar surface area (TPSA) is 39.1 Å². The number of nitrogens with zero attached hydrogens (tertiary/aromatic N) is 2. The average molecular weight is 289 g/mol. The molecule has 116 valence electrons. The van der Waals surface area contributed by atoms with Gasteiger partial charge in [0.05, 0.1) is 17.1 Å². The van der Waals surface area contributed by atoms with Gasteiger partial charge in [0, 0.05) is 26.1 Å². The summed E-state index contributed by atoms with van der Waals surface area (Å²) in [5.41, 5.74) is 2.28. The predicted octanol–water partition coefficient (Wildman–Crippen LogP) is 2.86. The second-order valence-electron chi connectivity index (χ2n) is 5.80. The number of nitrogens with one attached hydrogen (secondary N) is 1. The second kappa shape index (κ2) is 7.05. The molecule has 0 bridgehead atoms. The van der Waals surface area contributed by atoms with Crippen molar-refractivity contribution in [2.75, 3.05) is 14.2 Å². The Hall–Kier alpha value is -1.39. The summed E-state index contributed by atoms with van der Waals surface area (Å²) >= 11 is 0. The molecule has 4 heteroatoms. The van der Waals surface area contributed by atoms with Gasteiger partial charge in [-0.2, -0.15) is 0 Å². The molecule has 2 unspecified atom stereocenters. The molecule has 1 aromatic carbocycles. The van der Waals surface area contributed by atoms with E-state index in [1.165, 1.54) is 5.52 Å². The van der Waals surface area contributed by atoms with Crippen LogP contribution < -0.4 is 5.32 Å². The number of para-hydroxylation sites is 2. The smallest absolute Gasteiger partial charge is 0.111 e. The summed E-state index contributed by atoms with van der Waals surface area (Å²) in [4.78, 5) is 4.81. The van der Waals surface area contributed by atoms with E-state index in [0.717, 1.165) is 24.3 Å². The molecule has 2 atom stereocenters. The first-order chi connectivity index (χ1) is 10.1. The van der Waals surface area contributed by atoms with E-state index in [0.29, 0.717) is 5.92 Å². The molecule has 1 heterocycles. The van der Waals surface area contributed by atoms with Crippen molar-refractivity contribution in [1.82, 2.24) is 14.9 Å². The third-order valence-corrected chi connectivity index (χ3v) is 4.15. The Labute approximate surface area is 127 Å². The molecule has 4 nitrogen and oxygen atoms in total. The number of aryl methyl sites for hydroxylation is 1. The molecular formula is C17H27N3O. The highest BCUT2D eigenvalue weighted by molar-refractivity contribution is 5.75. The normalized spacial score (nSPS) is 14.8. The zero-order chi connectivity index (χ0) is 15.4. The molecular weight excluding hydrogens is 262 g/mol. The Kier molecular flexibility index (Phi) is 5.37. The van der Waals surface area contributed by atoms with Gasteiger partial charge in [0.2, 0.25) is 0 Å². The Morgan fingerprint density at radius 1 is 1.29 bits per heavy atom. The third-order valence-electron chi connectivity index (χ3n) is 4.15. The van der Waals surface area contributed by atoms with Crippen LogP contribution in [0.15, 0.2) is 24.3 Å². The van der Waals surface area contributed by atoms with Crippen LogP contribution in [0.3, 0.4) is 0 Å². The minimum absolute atomic E-state index is 0.181. The van der Waals surface area contributed by atoms with Crippen molar-refractivity contribution >= 4 is 11.0 Å². The SMILES string of the molecule is CCn1c(CC(NC)C(OC)C(C)C)nc2ccccc21. The van der Waals surface area contributed by atoms with E-state index in [4.69, 9.17) is 9.72 Å². The molecule has 21 heavy (non-hydrogen) atoms. The fourth-order valence-corrected chi connectivity index (χ4v) is 3.11. The molecule has 0 saturated carbocycles. The van der Waals surface area contributed by atoms with Gasteiger partial charge in [-0.1, -0.05) is 26.0 Å². The van der Waals surface area contributed by atoms with Gasteiger partial charge in [-0.25, -0.2) is 4.98 Å². The lowest BCUT2D eigenvalue weighted by molar-refractivity contribution is 0.0347. The average Bonchev–Trinajstić information content (AvgIpc) is 2.83. The molecule has 2 rings (SSSR count). The van der Waals surface area contributed by atoms with Crippen LogP contribution in [0.1, 0.15) is 26.6 Å². The highest BCUT2D eigenvalue weighted by atomic mass is 16.5. The Morgan fingerprint density at radius 2 is 2.00 bits per heavy atom. The van der Waals surface area contributed by atoms with Crippen molar-refractivity contribution in [2.45, 2.75) is 45.9 Å². The molecule has 0 radical (unpaired) electrons. The molecule has 0 fully saturated rings. The fraction of sp³-hybridized carbons (Fsp3) is 0.588. The van der Waals surface area contributed by atoms with Gasteiger partial charge >= 0.3 is 0 Å². The van der Waals surface area contributed by atoms with Crippen molar-refractivity contribution in [1.29, 1.82) is 0 Å². The molecule has 0 spiro atoms. The number of imidazole rings is 1.